The molecule has 2 aliphatic heterocycles. The predicted molar refractivity (Wildman–Crippen MR) is 94.1 cm³/mol. The van der Waals surface area contributed by atoms with Crippen molar-refractivity contribution in [2.45, 2.75) is 58.9 Å². The lowest BCUT2D eigenvalue weighted by Crippen LogP contribution is -2.45. The molecule has 1 aromatic rings. The molecular formula is C18H29N5O2. The van der Waals surface area contributed by atoms with E-state index in [9.17, 15) is 9.59 Å². The fraction of sp³-hybridized carbons (Fsp3) is 0.778. The van der Waals surface area contributed by atoms with Crippen LogP contribution in [0.1, 0.15) is 69.4 Å². The standard InChI is InChI=1S/C18H29N5O2/c1-4-18(2,3)17(25)22-11-7-14(8-12-22)23-13-15(19-20-23)16(24)21-9-5-6-10-21/h13-14H,4-12H2,1-3H3. The third-order valence-electron chi connectivity index (χ3n) is 5.71. The Labute approximate surface area is 149 Å². The van der Waals surface area contributed by atoms with Gasteiger partial charge in [0.1, 0.15) is 0 Å². The monoisotopic (exact) mass is 347 g/mol. The summed E-state index contributed by atoms with van der Waals surface area (Å²) in [5.74, 6) is 0.220. The molecule has 7 heteroatoms. The van der Waals surface area contributed by atoms with Gasteiger partial charge in [0.2, 0.25) is 5.91 Å². The van der Waals surface area contributed by atoms with Gasteiger partial charge in [0.05, 0.1) is 12.2 Å². The number of rotatable bonds is 4. The Bertz CT molecular complexity index is 625. The number of nitrogens with zero attached hydrogens (tertiary/aromatic N) is 5. The van der Waals surface area contributed by atoms with Crippen molar-refractivity contribution in [3.63, 3.8) is 0 Å². The average molecular weight is 347 g/mol. The van der Waals surface area contributed by atoms with Gasteiger partial charge in [-0.05, 0) is 32.1 Å². The average Bonchev–Trinajstić information content (AvgIpc) is 3.32. The van der Waals surface area contributed by atoms with E-state index in [2.05, 4.69) is 17.2 Å². The van der Waals surface area contributed by atoms with Gasteiger partial charge in [-0.3, -0.25) is 9.59 Å². The summed E-state index contributed by atoms with van der Waals surface area (Å²) in [6.45, 7) is 9.19. The minimum Gasteiger partial charge on any atom is -0.342 e. The van der Waals surface area contributed by atoms with Crippen LogP contribution in [0, 0.1) is 5.41 Å². The first-order valence-electron chi connectivity index (χ1n) is 9.43. The maximum atomic E-state index is 12.6. The van der Waals surface area contributed by atoms with E-state index in [-0.39, 0.29) is 23.3 Å². The Kier molecular flexibility index (Phi) is 5.11. The highest BCUT2D eigenvalue weighted by molar-refractivity contribution is 5.92. The van der Waals surface area contributed by atoms with Gasteiger partial charge >= 0.3 is 0 Å². The Hall–Kier alpha value is -1.92. The van der Waals surface area contributed by atoms with Crippen molar-refractivity contribution >= 4 is 11.8 Å². The van der Waals surface area contributed by atoms with Crippen LogP contribution in [-0.2, 0) is 4.79 Å². The van der Waals surface area contributed by atoms with E-state index in [1.165, 1.54) is 0 Å². The molecule has 3 rings (SSSR count). The van der Waals surface area contributed by atoms with Gasteiger partial charge in [-0.2, -0.15) is 0 Å². The van der Waals surface area contributed by atoms with E-state index < -0.39 is 0 Å². The van der Waals surface area contributed by atoms with Crippen LogP contribution in [0.2, 0.25) is 0 Å². The molecule has 2 fully saturated rings. The lowest BCUT2D eigenvalue weighted by Gasteiger charge is -2.36. The molecule has 2 amide bonds. The number of carbonyl (C=O) groups excluding carboxylic acids is 2. The molecule has 138 valence electrons. The number of hydrogen-bond donors (Lipinski definition) is 0. The van der Waals surface area contributed by atoms with Crippen molar-refractivity contribution in [2.75, 3.05) is 26.2 Å². The molecule has 7 nitrogen and oxygen atoms in total. The normalized spacial score (nSPS) is 19.5. The summed E-state index contributed by atoms with van der Waals surface area (Å²) in [7, 11) is 0. The van der Waals surface area contributed by atoms with E-state index in [0.717, 1.165) is 58.3 Å². The second-order valence-corrected chi connectivity index (χ2v) is 7.84. The number of likely N-dealkylation sites (tertiary alicyclic amines) is 2. The van der Waals surface area contributed by atoms with Crippen molar-refractivity contribution in [3.8, 4) is 0 Å². The second-order valence-electron chi connectivity index (χ2n) is 7.84. The summed E-state index contributed by atoms with van der Waals surface area (Å²) in [4.78, 5) is 28.8. The molecule has 0 aliphatic carbocycles. The zero-order valence-electron chi connectivity index (χ0n) is 15.6. The third kappa shape index (κ3) is 3.70. The maximum Gasteiger partial charge on any atom is 0.276 e. The summed E-state index contributed by atoms with van der Waals surface area (Å²) >= 11 is 0. The van der Waals surface area contributed by atoms with Crippen molar-refractivity contribution in [1.29, 1.82) is 0 Å². The first kappa shape index (κ1) is 17.9. The van der Waals surface area contributed by atoms with Crippen molar-refractivity contribution in [3.05, 3.63) is 11.9 Å². The van der Waals surface area contributed by atoms with E-state index in [4.69, 9.17) is 0 Å². The van der Waals surface area contributed by atoms with E-state index >= 15 is 0 Å². The lowest BCUT2D eigenvalue weighted by molar-refractivity contribution is -0.141. The highest BCUT2D eigenvalue weighted by atomic mass is 16.2. The fourth-order valence-electron chi connectivity index (χ4n) is 3.55. The molecule has 2 aliphatic rings. The summed E-state index contributed by atoms with van der Waals surface area (Å²) in [6.07, 6.45) is 6.47. The van der Waals surface area contributed by atoms with Crippen LogP contribution >= 0.6 is 0 Å². The van der Waals surface area contributed by atoms with Crippen LogP contribution < -0.4 is 0 Å². The summed E-state index contributed by atoms with van der Waals surface area (Å²) in [5.41, 5.74) is 0.141. The minimum absolute atomic E-state index is 0.0129. The van der Waals surface area contributed by atoms with Gasteiger partial charge < -0.3 is 9.80 Å². The topological polar surface area (TPSA) is 71.3 Å². The number of carbonyl (C=O) groups is 2. The van der Waals surface area contributed by atoms with Gasteiger partial charge in [0.25, 0.3) is 5.91 Å². The van der Waals surface area contributed by atoms with Crippen LogP contribution in [0.4, 0.5) is 0 Å². The molecule has 0 aromatic carbocycles. The zero-order valence-corrected chi connectivity index (χ0v) is 15.6. The van der Waals surface area contributed by atoms with Crippen LogP contribution in [0.15, 0.2) is 6.20 Å². The number of hydrogen-bond acceptors (Lipinski definition) is 4. The Morgan fingerprint density at radius 1 is 1.12 bits per heavy atom. The van der Waals surface area contributed by atoms with Crippen molar-refractivity contribution in [2.24, 2.45) is 5.41 Å². The lowest BCUT2D eigenvalue weighted by atomic mass is 9.87. The van der Waals surface area contributed by atoms with Crippen LogP contribution in [0.25, 0.3) is 0 Å². The Balaban J connectivity index is 1.58. The molecule has 0 spiro atoms. The largest absolute Gasteiger partial charge is 0.342 e. The maximum absolute atomic E-state index is 12.6. The van der Waals surface area contributed by atoms with Gasteiger partial charge in [0.15, 0.2) is 5.69 Å². The molecule has 0 atom stereocenters. The third-order valence-corrected chi connectivity index (χ3v) is 5.71. The summed E-state index contributed by atoms with van der Waals surface area (Å²) < 4.78 is 1.82. The van der Waals surface area contributed by atoms with Gasteiger partial charge in [-0.1, -0.05) is 26.0 Å². The number of piperidine rings is 1. The Morgan fingerprint density at radius 2 is 1.76 bits per heavy atom. The number of aromatic nitrogens is 3. The van der Waals surface area contributed by atoms with E-state index in [0.29, 0.717) is 5.69 Å². The number of amides is 2. The van der Waals surface area contributed by atoms with Crippen LogP contribution in [0.5, 0.6) is 0 Å². The van der Waals surface area contributed by atoms with Gasteiger partial charge in [-0.15, -0.1) is 5.10 Å². The molecule has 0 radical (unpaired) electrons. The second kappa shape index (κ2) is 7.14. The van der Waals surface area contributed by atoms with Crippen LogP contribution in [0.3, 0.4) is 0 Å². The molecule has 0 unspecified atom stereocenters. The Morgan fingerprint density at radius 3 is 2.36 bits per heavy atom. The first-order valence-corrected chi connectivity index (χ1v) is 9.43. The van der Waals surface area contributed by atoms with Gasteiger partial charge in [-0.25, -0.2) is 4.68 Å². The van der Waals surface area contributed by atoms with E-state index in [1.807, 2.05) is 28.3 Å². The van der Waals surface area contributed by atoms with Gasteiger partial charge in [0, 0.05) is 31.6 Å². The molecule has 0 N–H and O–H groups in total. The molecular weight excluding hydrogens is 318 g/mol. The quantitative estimate of drug-likeness (QED) is 0.836. The predicted octanol–water partition coefficient (Wildman–Crippen LogP) is 2.11. The van der Waals surface area contributed by atoms with Crippen molar-refractivity contribution in [1.82, 2.24) is 24.8 Å². The molecule has 3 heterocycles. The van der Waals surface area contributed by atoms with Crippen LogP contribution in [-0.4, -0.2) is 62.8 Å². The molecule has 0 saturated carbocycles. The molecule has 25 heavy (non-hydrogen) atoms. The smallest absolute Gasteiger partial charge is 0.276 e. The SMILES string of the molecule is CCC(C)(C)C(=O)N1CCC(n2cc(C(=O)N3CCCC3)nn2)CC1. The molecule has 0 bridgehead atoms. The molecule has 1 aromatic heterocycles. The minimum atomic E-state index is -0.296. The first-order chi connectivity index (χ1) is 11.9. The van der Waals surface area contributed by atoms with Crippen molar-refractivity contribution < 1.29 is 9.59 Å². The molecule has 2 saturated heterocycles. The fourth-order valence-corrected chi connectivity index (χ4v) is 3.55. The highest BCUT2D eigenvalue weighted by Crippen LogP contribution is 2.28. The highest BCUT2D eigenvalue weighted by Gasteiger charge is 2.33. The zero-order chi connectivity index (χ0) is 18.0. The van der Waals surface area contributed by atoms with E-state index in [1.54, 1.807) is 6.20 Å². The summed E-state index contributed by atoms with van der Waals surface area (Å²) in [6, 6.07) is 0.210. The summed E-state index contributed by atoms with van der Waals surface area (Å²) in [5, 5.41) is 8.27.